The van der Waals surface area contributed by atoms with Crippen molar-refractivity contribution in [3.05, 3.63) is 65.7 Å². The number of nitrogens with zero attached hydrogens (tertiary/aromatic N) is 6. The van der Waals surface area contributed by atoms with E-state index in [1.807, 2.05) is 43.7 Å². The highest BCUT2D eigenvalue weighted by molar-refractivity contribution is 9.10. The zero-order valence-electron chi connectivity index (χ0n) is 15.5. The van der Waals surface area contributed by atoms with Gasteiger partial charge >= 0.3 is 0 Å². The summed E-state index contributed by atoms with van der Waals surface area (Å²) in [5.41, 5.74) is 16.5. The number of fused-ring (bicyclic) bond motifs is 2. The summed E-state index contributed by atoms with van der Waals surface area (Å²) < 4.78 is 2.67. The van der Waals surface area contributed by atoms with E-state index >= 15 is 0 Å². The Balaban J connectivity index is 0.000000150. The molecule has 29 heavy (non-hydrogen) atoms. The molecule has 0 spiro atoms. The summed E-state index contributed by atoms with van der Waals surface area (Å²) in [7, 11) is 1.88. The summed E-state index contributed by atoms with van der Waals surface area (Å²) in [6.07, 6.45) is 7.29. The normalized spacial score (nSPS) is 10.7. The highest BCUT2D eigenvalue weighted by Gasteiger charge is 2.04. The number of hydrogen-bond acceptors (Lipinski definition) is 7. The quantitative estimate of drug-likeness (QED) is 0.401. The highest BCUT2D eigenvalue weighted by Crippen LogP contribution is 2.21. The van der Waals surface area contributed by atoms with Crippen LogP contribution in [0.4, 0.5) is 11.6 Å². The second kappa shape index (κ2) is 7.80. The van der Waals surface area contributed by atoms with Crippen molar-refractivity contribution in [1.82, 2.24) is 29.7 Å². The highest BCUT2D eigenvalue weighted by atomic mass is 79.9. The van der Waals surface area contributed by atoms with Crippen molar-refractivity contribution in [2.45, 2.75) is 0 Å². The molecule has 0 radical (unpaired) electrons. The first-order valence-corrected chi connectivity index (χ1v) is 9.46. The maximum atomic E-state index is 5.66. The molecule has 5 aromatic rings. The fourth-order valence-electron chi connectivity index (χ4n) is 2.75. The molecule has 0 aliphatic carbocycles. The van der Waals surface area contributed by atoms with E-state index < -0.39 is 0 Å². The monoisotopic (exact) mass is 448 g/mol. The average Bonchev–Trinajstić information content (AvgIpc) is 3.14. The molecule has 4 N–H and O–H groups in total. The number of nitrogens with two attached hydrogens (primary N) is 2. The maximum Gasteiger partial charge on any atom is 0.124 e. The SMILES string of the molecule is Cn1cc(-c2cnc3ccc(N)nc3c2)cn1.Nc1ccc2ncc(Br)cc2n1. The Labute approximate surface area is 174 Å². The number of aromatic nitrogens is 6. The Hall–Kier alpha value is -3.59. The van der Waals surface area contributed by atoms with E-state index in [-0.39, 0.29) is 0 Å². The van der Waals surface area contributed by atoms with Crippen LogP contribution in [0.5, 0.6) is 0 Å². The summed E-state index contributed by atoms with van der Waals surface area (Å²) in [6, 6.07) is 11.1. The Morgan fingerprint density at radius 2 is 1.38 bits per heavy atom. The number of rotatable bonds is 1. The molecule has 0 aliphatic rings. The molecule has 0 unspecified atom stereocenters. The lowest BCUT2D eigenvalue weighted by atomic mass is 10.1. The van der Waals surface area contributed by atoms with E-state index in [9.17, 15) is 0 Å². The minimum absolute atomic E-state index is 0.502. The molecule has 0 atom stereocenters. The summed E-state index contributed by atoms with van der Waals surface area (Å²) in [6.45, 7) is 0. The van der Waals surface area contributed by atoms with Crippen LogP contribution in [-0.2, 0) is 7.05 Å². The van der Waals surface area contributed by atoms with Gasteiger partial charge in [0.05, 0.1) is 28.3 Å². The van der Waals surface area contributed by atoms with Crippen LogP contribution in [0.1, 0.15) is 0 Å². The lowest BCUT2D eigenvalue weighted by Crippen LogP contribution is -1.91. The zero-order chi connectivity index (χ0) is 20.4. The van der Waals surface area contributed by atoms with Gasteiger partial charge in [0.2, 0.25) is 0 Å². The topological polar surface area (TPSA) is 121 Å². The third kappa shape index (κ3) is 4.30. The van der Waals surface area contributed by atoms with E-state index in [0.29, 0.717) is 11.6 Å². The molecule has 5 heterocycles. The van der Waals surface area contributed by atoms with Gasteiger partial charge in [-0.3, -0.25) is 14.6 Å². The second-order valence-corrected chi connectivity index (χ2v) is 7.24. The second-order valence-electron chi connectivity index (χ2n) is 6.33. The van der Waals surface area contributed by atoms with Gasteiger partial charge in [0, 0.05) is 41.2 Å². The molecular formula is C20H17BrN8. The van der Waals surface area contributed by atoms with Crippen LogP contribution in [0.2, 0.25) is 0 Å². The van der Waals surface area contributed by atoms with Crippen molar-refractivity contribution in [3.8, 4) is 11.1 Å². The van der Waals surface area contributed by atoms with Gasteiger partial charge in [-0.25, -0.2) is 9.97 Å². The minimum Gasteiger partial charge on any atom is -0.384 e. The molecule has 0 aromatic carbocycles. The van der Waals surface area contributed by atoms with Crippen LogP contribution in [0.3, 0.4) is 0 Å². The number of nitrogen functional groups attached to an aromatic ring is 2. The van der Waals surface area contributed by atoms with Gasteiger partial charge < -0.3 is 11.5 Å². The van der Waals surface area contributed by atoms with E-state index in [1.165, 1.54) is 0 Å². The smallest absolute Gasteiger partial charge is 0.124 e. The molecule has 8 nitrogen and oxygen atoms in total. The van der Waals surface area contributed by atoms with Crippen LogP contribution < -0.4 is 11.5 Å². The molecule has 0 amide bonds. The molecule has 9 heteroatoms. The summed E-state index contributed by atoms with van der Waals surface area (Å²) >= 11 is 3.31. The molecule has 0 bridgehead atoms. The summed E-state index contributed by atoms with van der Waals surface area (Å²) in [4.78, 5) is 16.9. The van der Waals surface area contributed by atoms with E-state index in [2.05, 4.69) is 41.0 Å². The van der Waals surface area contributed by atoms with Crippen molar-refractivity contribution in [2.75, 3.05) is 11.5 Å². The molecule has 0 fully saturated rings. The van der Waals surface area contributed by atoms with Gasteiger partial charge in [0.25, 0.3) is 0 Å². The van der Waals surface area contributed by atoms with Gasteiger partial charge in [0.15, 0.2) is 0 Å². The lowest BCUT2D eigenvalue weighted by Gasteiger charge is -2.01. The Morgan fingerprint density at radius 3 is 2.00 bits per heavy atom. The molecule has 5 rings (SSSR count). The predicted octanol–water partition coefficient (Wildman–Crippen LogP) is 3.59. The zero-order valence-corrected chi connectivity index (χ0v) is 17.1. The number of pyridine rings is 4. The average molecular weight is 449 g/mol. The number of anilines is 2. The van der Waals surface area contributed by atoms with Gasteiger partial charge in [-0.05, 0) is 52.3 Å². The largest absolute Gasteiger partial charge is 0.384 e. The maximum absolute atomic E-state index is 5.66. The standard InChI is InChI=1S/C12H11N5.C8H6BrN3/c1-17-7-9(6-15-17)8-4-11-10(14-5-8)2-3-12(13)16-11;9-5-3-7-6(11-4-5)1-2-8(10)12-7/h2-7H,1H3,(H2,13,16);1-4H,(H2,10,12). The Bertz CT molecular complexity index is 1280. The molecular weight excluding hydrogens is 432 g/mol. The Kier molecular flexibility index (Phi) is 5.05. The lowest BCUT2D eigenvalue weighted by molar-refractivity contribution is 0.768. The first kappa shape index (κ1) is 18.8. The van der Waals surface area contributed by atoms with E-state index in [0.717, 1.165) is 37.7 Å². The third-order valence-corrected chi connectivity index (χ3v) is 4.56. The van der Waals surface area contributed by atoms with Crippen molar-refractivity contribution in [2.24, 2.45) is 7.05 Å². The number of aryl methyl sites for hydroxylation is 1. The van der Waals surface area contributed by atoms with E-state index in [1.54, 1.807) is 29.2 Å². The fourth-order valence-corrected chi connectivity index (χ4v) is 3.07. The van der Waals surface area contributed by atoms with Crippen molar-refractivity contribution in [1.29, 1.82) is 0 Å². The summed E-state index contributed by atoms with van der Waals surface area (Å²) in [5, 5.41) is 4.13. The molecule has 0 saturated carbocycles. The third-order valence-electron chi connectivity index (χ3n) is 4.12. The molecule has 5 aromatic heterocycles. The van der Waals surface area contributed by atoms with Gasteiger partial charge in [0.1, 0.15) is 11.6 Å². The molecule has 0 saturated heterocycles. The van der Waals surface area contributed by atoms with Crippen LogP contribution in [0.25, 0.3) is 33.2 Å². The van der Waals surface area contributed by atoms with Crippen LogP contribution in [0.15, 0.2) is 65.7 Å². The van der Waals surface area contributed by atoms with Crippen LogP contribution >= 0.6 is 15.9 Å². The van der Waals surface area contributed by atoms with Crippen LogP contribution in [0, 0.1) is 0 Å². The predicted molar refractivity (Wildman–Crippen MR) is 118 cm³/mol. The van der Waals surface area contributed by atoms with Crippen molar-refractivity contribution < 1.29 is 0 Å². The van der Waals surface area contributed by atoms with E-state index in [4.69, 9.17) is 11.5 Å². The first-order chi connectivity index (χ1) is 14.0. The van der Waals surface area contributed by atoms with Crippen LogP contribution in [-0.4, -0.2) is 29.7 Å². The van der Waals surface area contributed by atoms with Gasteiger partial charge in [-0.1, -0.05) is 0 Å². The van der Waals surface area contributed by atoms with Gasteiger partial charge in [-0.2, -0.15) is 5.10 Å². The van der Waals surface area contributed by atoms with Gasteiger partial charge in [-0.15, -0.1) is 0 Å². The molecule has 0 aliphatic heterocycles. The summed E-state index contributed by atoms with van der Waals surface area (Å²) in [5.74, 6) is 1.02. The Morgan fingerprint density at radius 1 is 0.759 bits per heavy atom. The fraction of sp³-hybridized carbons (Fsp3) is 0.0500. The number of halogens is 1. The molecule has 144 valence electrons. The minimum atomic E-state index is 0.502. The number of hydrogen-bond donors (Lipinski definition) is 2. The first-order valence-electron chi connectivity index (χ1n) is 8.67. The van der Waals surface area contributed by atoms with Crippen molar-refractivity contribution in [3.63, 3.8) is 0 Å². The van der Waals surface area contributed by atoms with Crippen molar-refractivity contribution >= 4 is 49.6 Å².